The number of aromatic nitrogens is 1. The van der Waals surface area contributed by atoms with Crippen LogP contribution in [-0.4, -0.2) is 27.1 Å². The number of rotatable bonds is 7. The summed E-state index contributed by atoms with van der Waals surface area (Å²) in [5.41, 5.74) is 7.47. The standard InChI is InChI=1S/C29H37NO3/c1-7-17(4)14-25-22(9-3)24-16-21(32)11-13-27(24)30-28(25)18(5)15-26-23(19(6)31)12-10-20(8-2)29(26)33/h8,11,13,15-17,29,32-33H,7,9-10,12,14H2,1-6H3/b18-15+,20-8-. The maximum atomic E-state index is 12.4. The zero-order chi connectivity index (χ0) is 24.3. The van der Waals surface area contributed by atoms with Gasteiger partial charge in [-0.15, -0.1) is 0 Å². The minimum atomic E-state index is -0.765. The molecule has 2 atom stereocenters. The van der Waals surface area contributed by atoms with Gasteiger partial charge in [-0.2, -0.15) is 0 Å². The molecule has 0 radical (unpaired) electrons. The number of hydrogen-bond acceptors (Lipinski definition) is 4. The fourth-order valence-corrected chi connectivity index (χ4v) is 4.86. The number of phenols is 1. The summed E-state index contributed by atoms with van der Waals surface area (Å²) in [6, 6.07) is 5.34. The summed E-state index contributed by atoms with van der Waals surface area (Å²) in [4.78, 5) is 17.4. The van der Waals surface area contributed by atoms with Gasteiger partial charge in [0.1, 0.15) is 11.9 Å². The van der Waals surface area contributed by atoms with Crippen molar-refractivity contribution >= 4 is 22.3 Å². The second-order valence-electron chi connectivity index (χ2n) is 9.27. The number of allylic oxidation sites excluding steroid dienone is 3. The molecule has 0 saturated carbocycles. The van der Waals surface area contributed by atoms with E-state index in [4.69, 9.17) is 4.98 Å². The Labute approximate surface area is 197 Å². The first-order chi connectivity index (χ1) is 15.7. The van der Waals surface area contributed by atoms with Crippen molar-refractivity contribution < 1.29 is 15.0 Å². The van der Waals surface area contributed by atoms with Crippen molar-refractivity contribution in [1.29, 1.82) is 0 Å². The summed E-state index contributed by atoms with van der Waals surface area (Å²) in [6.07, 6.45) is 7.30. The van der Waals surface area contributed by atoms with Crippen LogP contribution in [0.4, 0.5) is 0 Å². The Bertz CT molecular complexity index is 1150. The monoisotopic (exact) mass is 447 g/mol. The van der Waals surface area contributed by atoms with Crippen molar-refractivity contribution in [3.05, 3.63) is 63.9 Å². The number of hydrogen-bond donors (Lipinski definition) is 2. The molecule has 1 heterocycles. The molecule has 4 nitrogen and oxygen atoms in total. The number of aliphatic hydroxyl groups excluding tert-OH is 1. The highest BCUT2D eigenvalue weighted by molar-refractivity contribution is 5.96. The lowest BCUT2D eigenvalue weighted by Gasteiger charge is -2.26. The molecule has 1 aromatic carbocycles. The third-order valence-electron chi connectivity index (χ3n) is 6.99. The Kier molecular flexibility index (Phi) is 7.91. The normalized spacial score (nSPS) is 19.4. The lowest BCUT2D eigenvalue weighted by Crippen LogP contribution is -2.22. The van der Waals surface area contributed by atoms with Crippen LogP contribution in [0.1, 0.15) is 77.6 Å². The molecule has 0 fully saturated rings. The molecule has 0 spiro atoms. The van der Waals surface area contributed by atoms with E-state index in [9.17, 15) is 15.0 Å². The van der Waals surface area contributed by atoms with Gasteiger partial charge in [0, 0.05) is 11.0 Å². The van der Waals surface area contributed by atoms with Gasteiger partial charge in [0.25, 0.3) is 0 Å². The van der Waals surface area contributed by atoms with Crippen molar-refractivity contribution in [3.8, 4) is 5.75 Å². The van der Waals surface area contributed by atoms with Crippen LogP contribution in [0.3, 0.4) is 0 Å². The van der Waals surface area contributed by atoms with Crippen molar-refractivity contribution in [2.75, 3.05) is 0 Å². The number of aryl methyl sites for hydroxylation is 1. The maximum Gasteiger partial charge on any atom is 0.156 e. The molecule has 2 unspecified atom stereocenters. The summed E-state index contributed by atoms with van der Waals surface area (Å²) in [5.74, 6) is 0.744. The maximum absolute atomic E-state index is 12.4. The Morgan fingerprint density at radius 2 is 1.94 bits per heavy atom. The van der Waals surface area contributed by atoms with Crippen molar-refractivity contribution in [1.82, 2.24) is 4.98 Å². The number of carbonyl (C=O) groups excluding carboxylic acids is 1. The number of Topliss-reactive ketones (excluding diaryl/α,β-unsaturated/α-hetero) is 1. The molecule has 0 saturated heterocycles. The average molecular weight is 448 g/mol. The predicted octanol–water partition coefficient (Wildman–Crippen LogP) is 6.48. The number of aliphatic hydroxyl groups is 1. The zero-order valence-electron chi connectivity index (χ0n) is 20.8. The number of fused-ring (bicyclic) bond motifs is 1. The molecule has 2 N–H and O–H groups in total. The number of phenolic OH excluding ortho intramolecular Hbond substituents is 1. The summed E-state index contributed by atoms with van der Waals surface area (Å²) in [7, 11) is 0. The molecule has 1 aromatic heterocycles. The fourth-order valence-electron chi connectivity index (χ4n) is 4.86. The van der Waals surface area contributed by atoms with Crippen LogP contribution < -0.4 is 0 Å². The first-order valence-corrected chi connectivity index (χ1v) is 12.1. The van der Waals surface area contributed by atoms with Crippen LogP contribution in [0.25, 0.3) is 16.5 Å². The number of benzene rings is 1. The van der Waals surface area contributed by atoms with E-state index in [1.165, 1.54) is 11.1 Å². The molecule has 1 aliphatic rings. The summed E-state index contributed by atoms with van der Waals surface area (Å²) in [5, 5.41) is 22.1. The van der Waals surface area contributed by atoms with Gasteiger partial charge in [0.2, 0.25) is 0 Å². The van der Waals surface area contributed by atoms with Gasteiger partial charge < -0.3 is 10.2 Å². The van der Waals surface area contributed by atoms with Crippen LogP contribution >= 0.6 is 0 Å². The average Bonchev–Trinajstić information content (AvgIpc) is 2.79. The molecular formula is C29H37NO3. The Hall–Kier alpha value is -2.72. The van der Waals surface area contributed by atoms with Gasteiger partial charge in [0.05, 0.1) is 11.2 Å². The predicted molar refractivity (Wildman–Crippen MR) is 136 cm³/mol. The van der Waals surface area contributed by atoms with Crippen LogP contribution in [0.5, 0.6) is 5.75 Å². The van der Waals surface area contributed by atoms with E-state index >= 15 is 0 Å². The van der Waals surface area contributed by atoms with Gasteiger partial charge >= 0.3 is 0 Å². The molecule has 4 heteroatoms. The molecule has 0 aliphatic heterocycles. The van der Waals surface area contributed by atoms with Crippen molar-refractivity contribution in [2.45, 2.75) is 79.8 Å². The molecular weight excluding hydrogens is 410 g/mol. The highest BCUT2D eigenvalue weighted by Crippen LogP contribution is 2.36. The topological polar surface area (TPSA) is 70.4 Å². The van der Waals surface area contributed by atoms with Crippen molar-refractivity contribution in [2.24, 2.45) is 5.92 Å². The van der Waals surface area contributed by atoms with E-state index in [2.05, 4.69) is 20.8 Å². The summed E-state index contributed by atoms with van der Waals surface area (Å²) in [6.45, 7) is 12.1. The van der Waals surface area contributed by atoms with Gasteiger partial charge in [-0.05, 0) is 98.4 Å². The summed E-state index contributed by atoms with van der Waals surface area (Å²) >= 11 is 0. The van der Waals surface area contributed by atoms with Crippen LogP contribution in [0.15, 0.2) is 47.1 Å². The third-order valence-corrected chi connectivity index (χ3v) is 6.99. The highest BCUT2D eigenvalue weighted by atomic mass is 16.3. The number of carbonyl (C=O) groups is 1. The van der Waals surface area contributed by atoms with Crippen LogP contribution in [0.2, 0.25) is 0 Å². The largest absolute Gasteiger partial charge is 0.508 e. The SMILES string of the molecule is C/C=C1/CCC(C(C)=O)=C(/C=C(\C)c2nc3ccc(O)cc3c(CC)c2CC(C)CC)C1O. The van der Waals surface area contributed by atoms with E-state index in [1.54, 1.807) is 13.0 Å². The highest BCUT2D eigenvalue weighted by Gasteiger charge is 2.26. The summed E-state index contributed by atoms with van der Waals surface area (Å²) < 4.78 is 0. The first kappa shape index (κ1) is 24.9. The third kappa shape index (κ3) is 5.11. The molecule has 176 valence electrons. The van der Waals surface area contributed by atoms with Crippen molar-refractivity contribution in [3.63, 3.8) is 0 Å². The Balaban J connectivity index is 2.28. The minimum absolute atomic E-state index is 0.0132. The van der Waals surface area contributed by atoms with Gasteiger partial charge in [-0.1, -0.05) is 39.3 Å². The molecule has 3 rings (SSSR count). The lowest BCUT2D eigenvalue weighted by molar-refractivity contribution is -0.113. The second kappa shape index (κ2) is 10.5. The molecule has 2 aromatic rings. The van der Waals surface area contributed by atoms with Crippen LogP contribution in [0, 0.1) is 5.92 Å². The van der Waals surface area contributed by atoms with E-state index < -0.39 is 6.10 Å². The number of nitrogens with zero attached hydrogens (tertiary/aromatic N) is 1. The van der Waals surface area contributed by atoms with E-state index in [0.717, 1.165) is 47.0 Å². The van der Waals surface area contributed by atoms with Gasteiger partial charge in [-0.3, -0.25) is 4.79 Å². The van der Waals surface area contributed by atoms with E-state index in [0.29, 0.717) is 29.9 Å². The fraction of sp³-hybridized carbons (Fsp3) is 0.448. The number of pyridine rings is 1. The molecule has 0 bridgehead atoms. The van der Waals surface area contributed by atoms with Crippen LogP contribution in [-0.2, 0) is 17.6 Å². The number of aromatic hydroxyl groups is 1. The minimum Gasteiger partial charge on any atom is -0.508 e. The zero-order valence-corrected chi connectivity index (χ0v) is 20.8. The lowest BCUT2D eigenvalue weighted by atomic mass is 9.82. The Morgan fingerprint density at radius 3 is 2.55 bits per heavy atom. The molecule has 1 aliphatic carbocycles. The van der Waals surface area contributed by atoms with E-state index in [-0.39, 0.29) is 11.5 Å². The number of ketones is 1. The molecule has 0 amide bonds. The van der Waals surface area contributed by atoms with Gasteiger partial charge in [0.15, 0.2) is 5.78 Å². The Morgan fingerprint density at radius 1 is 1.21 bits per heavy atom. The molecule has 33 heavy (non-hydrogen) atoms. The quantitative estimate of drug-likeness (QED) is 0.477. The smallest absolute Gasteiger partial charge is 0.156 e. The second-order valence-corrected chi connectivity index (χ2v) is 9.27. The van der Waals surface area contributed by atoms with Gasteiger partial charge in [-0.25, -0.2) is 4.98 Å². The van der Waals surface area contributed by atoms with E-state index in [1.807, 2.05) is 38.1 Å². The first-order valence-electron chi connectivity index (χ1n) is 12.1.